The van der Waals surface area contributed by atoms with Crippen molar-refractivity contribution in [2.45, 2.75) is 13.5 Å². The molecule has 0 aromatic heterocycles. The first-order chi connectivity index (χ1) is 9.52. The van der Waals surface area contributed by atoms with Crippen LogP contribution in [0.4, 0.5) is 8.78 Å². The highest BCUT2D eigenvalue weighted by Gasteiger charge is 2.07. The van der Waals surface area contributed by atoms with E-state index in [4.69, 9.17) is 5.11 Å². The van der Waals surface area contributed by atoms with Crippen molar-refractivity contribution in [3.63, 3.8) is 0 Å². The van der Waals surface area contributed by atoms with E-state index in [9.17, 15) is 13.6 Å². The molecule has 0 fully saturated rings. The summed E-state index contributed by atoms with van der Waals surface area (Å²) in [6.07, 6.45) is 2.63. The molecule has 1 amide bonds. The summed E-state index contributed by atoms with van der Waals surface area (Å²) in [4.78, 5) is 11.5. The number of halogens is 2. The maximum atomic E-state index is 12.2. The van der Waals surface area contributed by atoms with Crippen LogP contribution in [-0.4, -0.2) is 30.8 Å². The predicted molar refractivity (Wildman–Crippen MR) is 71.4 cm³/mol. The number of para-hydroxylation sites is 1. The second kappa shape index (κ2) is 8.27. The van der Waals surface area contributed by atoms with Gasteiger partial charge in [-0.05, 0) is 18.1 Å². The van der Waals surface area contributed by atoms with Crippen LogP contribution in [0.5, 0.6) is 5.75 Å². The minimum Gasteiger partial charge on any atom is -0.434 e. The summed E-state index contributed by atoms with van der Waals surface area (Å²) in [6.45, 7) is -0.802. The van der Waals surface area contributed by atoms with Gasteiger partial charge in [-0.1, -0.05) is 25.1 Å². The van der Waals surface area contributed by atoms with Crippen LogP contribution in [0.25, 0.3) is 6.08 Å². The molecule has 110 valence electrons. The molecule has 1 unspecified atom stereocenters. The molecule has 0 aliphatic rings. The summed E-state index contributed by atoms with van der Waals surface area (Å²) in [5.74, 6) is -0.394. The van der Waals surface area contributed by atoms with Gasteiger partial charge in [-0.25, -0.2) is 0 Å². The monoisotopic (exact) mass is 285 g/mol. The average Bonchev–Trinajstić information content (AvgIpc) is 2.43. The number of ether oxygens (including phenoxy) is 1. The smallest absolute Gasteiger partial charge is 0.387 e. The standard InChI is InChI=1S/C14H17F2NO3/c1-10(9-18)8-17-13(19)7-6-11-4-2-3-5-12(11)20-14(15)16/h2-7,10,14,18H,8-9H2,1H3,(H,17,19)/b7-6+. The van der Waals surface area contributed by atoms with Gasteiger partial charge in [-0.15, -0.1) is 0 Å². The Balaban J connectivity index is 2.63. The molecule has 0 saturated heterocycles. The Labute approximate surface area is 116 Å². The zero-order valence-corrected chi connectivity index (χ0v) is 11.1. The molecular weight excluding hydrogens is 268 g/mol. The molecule has 4 nitrogen and oxygen atoms in total. The molecule has 0 saturated carbocycles. The Kier molecular flexibility index (Phi) is 6.66. The number of aliphatic hydroxyl groups excluding tert-OH is 1. The van der Waals surface area contributed by atoms with Crippen LogP contribution >= 0.6 is 0 Å². The minimum absolute atomic E-state index is 0.00952. The number of benzene rings is 1. The Hall–Kier alpha value is -1.95. The maximum absolute atomic E-state index is 12.2. The third kappa shape index (κ3) is 5.79. The average molecular weight is 285 g/mol. The number of aliphatic hydroxyl groups is 1. The Morgan fingerprint density at radius 3 is 2.80 bits per heavy atom. The summed E-state index contributed by atoms with van der Waals surface area (Å²) in [5.41, 5.74) is 0.387. The van der Waals surface area contributed by atoms with Crippen molar-refractivity contribution < 1.29 is 23.4 Å². The molecule has 0 radical (unpaired) electrons. The van der Waals surface area contributed by atoms with Crippen molar-refractivity contribution in [1.29, 1.82) is 0 Å². The van der Waals surface area contributed by atoms with Gasteiger partial charge in [0.2, 0.25) is 5.91 Å². The second-order valence-electron chi connectivity index (χ2n) is 4.28. The molecule has 1 aromatic rings. The van der Waals surface area contributed by atoms with Gasteiger partial charge in [0.25, 0.3) is 0 Å². The zero-order valence-electron chi connectivity index (χ0n) is 11.1. The van der Waals surface area contributed by atoms with Gasteiger partial charge in [0.1, 0.15) is 5.75 Å². The molecule has 0 aliphatic carbocycles. The van der Waals surface area contributed by atoms with Gasteiger partial charge in [-0.3, -0.25) is 4.79 Å². The van der Waals surface area contributed by atoms with Crippen molar-refractivity contribution in [2.24, 2.45) is 5.92 Å². The topological polar surface area (TPSA) is 58.6 Å². The van der Waals surface area contributed by atoms with Crippen LogP contribution in [0.2, 0.25) is 0 Å². The highest BCUT2D eigenvalue weighted by atomic mass is 19.3. The van der Waals surface area contributed by atoms with E-state index in [0.717, 1.165) is 0 Å². The third-order valence-electron chi connectivity index (χ3n) is 2.49. The van der Waals surface area contributed by atoms with Crippen molar-refractivity contribution in [3.05, 3.63) is 35.9 Å². The van der Waals surface area contributed by atoms with Gasteiger partial charge in [-0.2, -0.15) is 8.78 Å². The Bertz CT molecular complexity index is 463. The van der Waals surface area contributed by atoms with E-state index in [1.54, 1.807) is 25.1 Å². The van der Waals surface area contributed by atoms with E-state index < -0.39 is 6.61 Å². The molecule has 1 atom stereocenters. The first-order valence-corrected chi connectivity index (χ1v) is 6.13. The van der Waals surface area contributed by atoms with Crippen molar-refractivity contribution in [3.8, 4) is 5.75 Å². The quantitative estimate of drug-likeness (QED) is 0.754. The molecular formula is C14H17F2NO3. The van der Waals surface area contributed by atoms with E-state index >= 15 is 0 Å². The molecule has 6 heteroatoms. The lowest BCUT2D eigenvalue weighted by atomic mass is 10.2. The molecule has 1 aromatic carbocycles. The van der Waals surface area contributed by atoms with Crippen molar-refractivity contribution in [2.75, 3.05) is 13.2 Å². The Morgan fingerprint density at radius 1 is 1.45 bits per heavy atom. The van der Waals surface area contributed by atoms with Gasteiger partial charge >= 0.3 is 6.61 Å². The van der Waals surface area contributed by atoms with E-state index in [0.29, 0.717) is 12.1 Å². The number of carbonyl (C=O) groups is 1. The normalized spacial score (nSPS) is 12.7. The fourth-order valence-corrected chi connectivity index (χ4v) is 1.39. The maximum Gasteiger partial charge on any atom is 0.387 e. The summed E-state index contributed by atoms with van der Waals surface area (Å²) < 4.78 is 28.7. The number of alkyl halides is 2. The van der Waals surface area contributed by atoms with Crippen LogP contribution in [-0.2, 0) is 4.79 Å². The van der Waals surface area contributed by atoms with Crippen molar-refractivity contribution >= 4 is 12.0 Å². The van der Waals surface area contributed by atoms with E-state index in [1.165, 1.54) is 18.2 Å². The van der Waals surface area contributed by atoms with E-state index in [2.05, 4.69) is 10.1 Å². The van der Waals surface area contributed by atoms with E-state index in [-0.39, 0.29) is 24.2 Å². The van der Waals surface area contributed by atoms with Crippen LogP contribution in [0.1, 0.15) is 12.5 Å². The van der Waals surface area contributed by atoms with Crippen molar-refractivity contribution in [1.82, 2.24) is 5.32 Å². The molecule has 2 N–H and O–H groups in total. The third-order valence-corrected chi connectivity index (χ3v) is 2.49. The Morgan fingerprint density at radius 2 is 2.15 bits per heavy atom. The molecule has 0 spiro atoms. The highest BCUT2D eigenvalue weighted by Crippen LogP contribution is 2.21. The van der Waals surface area contributed by atoms with Gasteiger partial charge in [0, 0.05) is 24.8 Å². The number of carbonyl (C=O) groups excluding carboxylic acids is 1. The van der Waals surface area contributed by atoms with Crippen LogP contribution in [0.15, 0.2) is 30.3 Å². The lowest BCUT2D eigenvalue weighted by molar-refractivity contribution is -0.116. The van der Waals surface area contributed by atoms with Crippen LogP contribution in [0, 0.1) is 5.92 Å². The van der Waals surface area contributed by atoms with Gasteiger partial charge in [0.05, 0.1) is 0 Å². The number of nitrogens with one attached hydrogen (secondary N) is 1. The summed E-state index contributed by atoms with van der Waals surface area (Å²) in [7, 11) is 0. The molecule has 0 aliphatic heterocycles. The fraction of sp³-hybridized carbons (Fsp3) is 0.357. The molecule has 20 heavy (non-hydrogen) atoms. The molecule has 0 heterocycles. The number of rotatable bonds is 7. The van der Waals surface area contributed by atoms with E-state index in [1.807, 2.05) is 0 Å². The zero-order chi connectivity index (χ0) is 15.0. The highest BCUT2D eigenvalue weighted by molar-refractivity contribution is 5.92. The minimum atomic E-state index is -2.91. The predicted octanol–water partition coefficient (Wildman–Crippen LogP) is 2.05. The number of hydrogen-bond donors (Lipinski definition) is 2. The lowest BCUT2D eigenvalue weighted by Crippen LogP contribution is -2.27. The fourth-order valence-electron chi connectivity index (χ4n) is 1.39. The lowest BCUT2D eigenvalue weighted by Gasteiger charge is -2.08. The summed E-state index contributed by atoms with van der Waals surface area (Å²) >= 11 is 0. The number of hydrogen-bond acceptors (Lipinski definition) is 3. The van der Waals surface area contributed by atoms with Crippen LogP contribution in [0.3, 0.4) is 0 Å². The first-order valence-electron chi connectivity index (χ1n) is 6.13. The molecule has 1 rings (SSSR count). The molecule has 0 bridgehead atoms. The second-order valence-corrected chi connectivity index (χ2v) is 4.28. The largest absolute Gasteiger partial charge is 0.434 e. The summed E-state index contributed by atoms with van der Waals surface area (Å²) in [6, 6.07) is 6.19. The van der Waals surface area contributed by atoms with Crippen LogP contribution < -0.4 is 10.1 Å². The SMILES string of the molecule is CC(CO)CNC(=O)/C=C/c1ccccc1OC(F)F. The number of amides is 1. The van der Waals surface area contributed by atoms with Gasteiger partial charge in [0.15, 0.2) is 0 Å². The van der Waals surface area contributed by atoms with Gasteiger partial charge < -0.3 is 15.2 Å². The first kappa shape index (κ1) is 16.1. The summed E-state index contributed by atoms with van der Waals surface area (Å²) in [5, 5.41) is 11.4.